The highest BCUT2D eigenvalue weighted by Crippen LogP contribution is 2.50. The summed E-state index contributed by atoms with van der Waals surface area (Å²) in [6, 6.07) is 9.31. The number of hydrogen-bond donors (Lipinski definition) is 1. The number of benzene rings is 2. The van der Waals surface area contributed by atoms with Gasteiger partial charge in [0.05, 0.1) is 27.8 Å². The van der Waals surface area contributed by atoms with Crippen molar-refractivity contribution in [2.45, 2.75) is 73.5 Å². The van der Waals surface area contributed by atoms with Gasteiger partial charge in [0.1, 0.15) is 11.6 Å². The summed E-state index contributed by atoms with van der Waals surface area (Å²) in [5.74, 6) is -1.70. The second-order valence-corrected chi connectivity index (χ2v) is 12.4. The summed E-state index contributed by atoms with van der Waals surface area (Å²) < 4.78 is 60.1. The van der Waals surface area contributed by atoms with E-state index in [9.17, 15) is 27.1 Å². The van der Waals surface area contributed by atoms with Crippen LogP contribution >= 0.6 is 0 Å². The molecule has 2 saturated carbocycles. The first-order chi connectivity index (χ1) is 16.0. The molecular formula is C26H30F2O5S. The smallest absolute Gasteiger partial charge is 0.314 e. The molecule has 2 aromatic rings. The molecule has 0 aliphatic heterocycles. The fourth-order valence-electron chi connectivity index (χ4n) is 4.82. The van der Waals surface area contributed by atoms with Crippen molar-refractivity contribution in [3.8, 4) is 0 Å². The molecule has 0 radical (unpaired) electrons. The molecule has 0 saturated heterocycles. The quantitative estimate of drug-likeness (QED) is 0.536. The summed E-state index contributed by atoms with van der Waals surface area (Å²) in [4.78, 5) is 12.3. The minimum absolute atomic E-state index is 0.0968. The maximum absolute atomic E-state index is 14.7. The Morgan fingerprint density at radius 1 is 1.00 bits per heavy atom. The Kier molecular flexibility index (Phi) is 6.59. The normalized spacial score (nSPS) is 25.4. The molecule has 0 aromatic heterocycles. The van der Waals surface area contributed by atoms with Gasteiger partial charge in [-0.05, 0) is 99.7 Å². The van der Waals surface area contributed by atoms with Crippen molar-refractivity contribution in [3.05, 3.63) is 65.2 Å². The van der Waals surface area contributed by atoms with E-state index in [1.165, 1.54) is 36.4 Å². The van der Waals surface area contributed by atoms with Gasteiger partial charge in [-0.25, -0.2) is 17.2 Å². The molecule has 0 atom stereocenters. The average molecular weight is 493 g/mol. The van der Waals surface area contributed by atoms with Crippen LogP contribution in [-0.2, 0) is 30.4 Å². The second kappa shape index (κ2) is 9.04. The number of carbonyl (C=O) groups is 1. The molecule has 0 unspecified atom stereocenters. The van der Waals surface area contributed by atoms with E-state index in [0.717, 1.165) is 18.9 Å². The summed E-state index contributed by atoms with van der Waals surface area (Å²) in [7, 11) is -3.71. The molecule has 2 aliphatic carbocycles. The van der Waals surface area contributed by atoms with Crippen LogP contribution in [0.2, 0.25) is 0 Å². The lowest BCUT2D eigenvalue weighted by molar-refractivity contribution is -0.151. The molecule has 34 heavy (non-hydrogen) atoms. The largest absolute Gasteiger partial charge is 0.481 e. The lowest BCUT2D eigenvalue weighted by Gasteiger charge is -2.45. The monoisotopic (exact) mass is 492 g/mol. The van der Waals surface area contributed by atoms with Crippen molar-refractivity contribution < 1.29 is 31.8 Å². The Hall–Kier alpha value is -2.32. The van der Waals surface area contributed by atoms with Crippen LogP contribution < -0.4 is 0 Å². The van der Waals surface area contributed by atoms with Gasteiger partial charge in [-0.15, -0.1) is 0 Å². The highest BCUT2D eigenvalue weighted by molar-refractivity contribution is 7.92. The minimum Gasteiger partial charge on any atom is -0.481 e. The van der Waals surface area contributed by atoms with Crippen LogP contribution in [0.5, 0.6) is 0 Å². The van der Waals surface area contributed by atoms with Gasteiger partial charge in [0.15, 0.2) is 9.84 Å². The first kappa shape index (κ1) is 24.8. The zero-order chi connectivity index (χ0) is 24.7. The molecule has 8 heteroatoms. The Balaban J connectivity index is 1.73. The number of sulfone groups is 1. The predicted molar refractivity (Wildman–Crippen MR) is 123 cm³/mol. The maximum Gasteiger partial charge on any atom is 0.314 e. The fraction of sp³-hybridized carbons (Fsp3) is 0.500. The molecule has 0 amide bonds. The van der Waals surface area contributed by atoms with E-state index in [1.807, 2.05) is 0 Å². The number of carboxylic acids is 1. The minimum atomic E-state index is -3.71. The molecular weight excluding hydrogens is 462 g/mol. The summed E-state index contributed by atoms with van der Waals surface area (Å²) in [6.07, 6.45) is 3.02. The van der Waals surface area contributed by atoms with Crippen LogP contribution in [0.25, 0.3) is 0 Å². The van der Waals surface area contributed by atoms with E-state index in [1.54, 1.807) is 13.8 Å². The molecule has 2 fully saturated rings. The Morgan fingerprint density at radius 3 is 2.15 bits per heavy atom. The molecule has 184 valence electrons. The number of aliphatic carboxylic acids is 1. The van der Waals surface area contributed by atoms with Gasteiger partial charge in [0, 0.05) is 0 Å². The molecule has 0 spiro atoms. The highest BCUT2D eigenvalue weighted by atomic mass is 32.2. The summed E-state index contributed by atoms with van der Waals surface area (Å²) in [5, 5.41) is 9.45. The number of rotatable bonds is 8. The molecule has 0 bridgehead atoms. The third kappa shape index (κ3) is 4.62. The van der Waals surface area contributed by atoms with Gasteiger partial charge in [-0.3, -0.25) is 4.79 Å². The van der Waals surface area contributed by atoms with Crippen LogP contribution in [0.1, 0.15) is 63.5 Å². The van der Waals surface area contributed by atoms with Crippen LogP contribution in [0.4, 0.5) is 8.78 Å². The molecule has 2 aliphatic rings. The molecule has 2 aromatic carbocycles. The van der Waals surface area contributed by atoms with Crippen LogP contribution in [0.15, 0.2) is 47.4 Å². The Morgan fingerprint density at radius 2 is 1.62 bits per heavy atom. The van der Waals surface area contributed by atoms with E-state index in [0.29, 0.717) is 23.7 Å². The summed E-state index contributed by atoms with van der Waals surface area (Å²) in [6.45, 7) is 3.55. The van der Waals surface area contributed by atoms with E-state index >= 15 is 0 Å². The standard InChI is InChI=1S/C26H30F2O5S/c1-17(2)34(31,32)23-14-20(13-22(28)15-23)26(33-16-18-3-4-18)11-9-25(10-12-26,24(29)30)19-5-7-21(27)8-6-19/h5-8,13-15,17-18H,3-4,9-12,16H2,1-2H3,(H,29,30). The number of hydrogen-bond acceptors (Lipinski definition) is 4. The average Bonchev–Trinajstić information content (AvgIpc) is 3.62. The highest BCUT2D eigenvalue weighted by Gasteiger charge is 2.50. The Bertz CT molecular complexity index is 1160. The first-order valence-electron chi connectivity index (χ1n) is 11.7. The van der Waals surface area contributed by atoms with Crippen LogP contribution in [-0.4, -0.2) is 31.4 Å². The van der Waals surface area contributed by atoms with E-state index in [-0.39, 0.29) is 30.6 Å². The fourth-order valence-corrected chi connectivity index (χ4v) is 5.93. The summed E-state index contributed by atoms with van der Waals surface area (Å²) >= 11 is 0. The van der Waals surface area contributed by atoms with Gasteiger partial charge < -0.3 is 9.84 Å². The lowest BCUT2D eigenvalue weighted by Crippen LogP contribution is -2.46. The van der Waals surface area contributed by atoms with Crippen molar-refractivity contribution in [3.63, 3.8) is 0 Å². The van der Waals surface area contributed by atoms with Crippen molar-refractivity contribution in [1.29, 1.82) is 0 Å². The van der Waals surface area contributed by atoms with E-state index < -0.39 is 43.7 Å². The number of carboxylic acid groups (broad SMARTS) is 1. The molecule has 5 nitrogen and oxygen atoms in total. The van der Waals surface area contributed by atoms with E-state index in [4.69, 9.17) is 4.74 Å². The van der Waals surface area contributed by atoms with Crippen molar-refractivity contribution in [2.24, 2.45) is 5.92 Å². The van der Waals surface area contributed by atoms with Crippen molar-refractivity contribution in [2.75, 3.05) is 6.61 Å². The lowest BCUT2D eigenvalue weighted by atomic mass is 9.63. The van der Waals surface area contributed by atoms with Crippen molar-refractivity contribution >= 4 is 15.8 Å². The van der Waals surface area contributed by atoms with Crippen molar-refractivity contribution in [1.82, 2.24) is 0 Å². The maximum atomic E-state index is 14.7. The van der Waals surface area contributed by atoms with Gasteiger partial charge in [-0.2, -0.15) is 0 Å². The van der Waals surface area contributed by atoms with Crippen LogP contribution in [0.3, 0.4) is 0 Å². The molecule has 0 heterocycles. The number of ether oxygens (including phenoxy) is 1. The Labute approximate surface area is 199 Å². The first-order valence-corrected chi connectivity index (χ1v) is 13.2. The topological polar surface area (TPSA) is 80.7 Å². The predicted octanol–water partition coefficient (Wildman–Crippen LogP) is 5.37. The third-order valence-electron chi connectivity index (χ3n) is 7.36. The third-order valence-corrected chi connectivity index (χ3v) is 9.49. The van der Waals surface area contributed by atoms with E-state index in [2.05, 4.69) is 0 Å². The van der Waals surface area contributed by atoms with Gasteiger partial charge >= 0.3 is 5.97 Å². The number of halogens is 2. The van der Waals surface area contributed by atoms with Gasteiger partial charge in [0.2, 0.25) is 0 Å². The second-order valence-electron chi connectivity index (χ2n) is 9.91. The molecule has 4 rings (SSSR count). The summed E-state index contributed by atoms with van der Waals surface area (Å²) in [5.41, 5.74) is -1.28. The molecule has 1 N–H and O–H groups in total. The zero-order valence-electron chi connectivity index (χ0n) is 19.4. The zero-order valence-corrected chi connectivity index (χ0v) is 20.2. The van der Waals surface area contributed by atoms with Gasteiger partial charge in [-0.1, -0.05) is 12.1 Å². The van der Waals surface area contributed by atoms with Crippen LogP contribution in [0, 0.1) is 17.6 Å². The van der Waals surface area contributed by atoms with Gasteiger partial charge in [0.25, 0.3) is 0 Å². The SMILES string of the molecule is CC(C)S(=O)(=O)c1cc(F)cc(C2(OCC3CC3)CCC(C(=O)O)(c3ccc(F)cc3)CC2)c1.